The highest BCUT2D eigenvalue weighted by atomic mass is 16.1. The van der Waals surface area contributed by atoms with Crippen LogP contribution >= 0.6 is 0 Å². The first-order valence-corrected chi connectivity index (χ1v) is 11.2. The van der Waals surface area contributed by atoms with Gasteiger partial charge in [-0.2, -0.15) is 0 Å². The zero-order valence-corrected chi connectivity index (χ0v) is 18.3. The molecule has 1 N–H and O–H groups in total. The minimum atomic E-state index is -0.124. The summed E-state index contributed by atoms with van der Waals surface area (Å²) in [5.41, 5.74) is 5.64. The Bertz CT molecular complexity index is 995. The van der Waals surface area contributed by atoms with Gasteiger partial charge in [-0.15, -0.1) is 0 Å². The Morgan fingerprint density at radius 1 is 1.03 bits per heavy atom. The van der Waals surface area contributed by atoms with Gasteiger partial charge in [0.15, 0.2) is 0 Å². The molecule has 160 valence electrons. The molecule has 1 unspecified atom stereocenters. The fourth-order valence-corrected chi connectivity index (χ4v) is 4.46. The molecule has 4 rings (SSSR count). The third-order valence-electron chi connectivity index (χ3n) is 6.50. The summed E-state index contributed by atoms with van der Waals surface area (Å²) >= 11 is 0. The summed E-state index contributed by atoms with van der Waals surface area (Å²) < 4.78 is 0. The number of aromatic nitrogens is 3. The highest BCUT2D eigenvalue weighted by Gasteiger charge is 2.26. The Labute approximate surface area is 184 Å². The van der Waals surface area contributed by atoms with Gasteiger partial charge in [0.1, 0.15) is 6.33 Å². The predicted octanol–water partition coefficient (Wildman–Crippen LogP) is 5.04. The molecular weight excluding hydrogens is 384 g/mol. The molecule has 0 saturated heterocycles. The number of aryl methyl sites for hydroxylation is 1. The second kappa shape index (κ2) is 9.82. The number of amides is 1. The van der Waals surface area contributed by atoms with Crippen LogP contribution in [0.2, 0.25) is 0 Å². The van der Waals surface area contributed by atoms with Gasteiger partial charge in [-0.25, -0.2) is 9.97 Å². The average molecular weight is 415 g/mol. The normalized spacial score (nSPS) is 19.5. The maximum Gasteiger partial charge on any atom is 0.227 e. The summed E-state index contributed by atoms with van der Waals surface area (Å²) in [6.07, 6.45) is 11.6. The van der Waals surface area contributed by atoms with Crippen LogP contribution < -0.4 is 5.32 Å². The number of hydrogen-bond acceptors (Lipinski definition) is 4. The molecule has 1 aliphatic rings. The average Bonchev–Trinajstić information content (AvgIpc) is 2.83. The molecule has 1 amide bonds. The number of pyridine rings is 1. The van der Waals surface area contributed by atoms with E-state index in [1.165, 1.54) is 5.56 Å². The lowest BCUT2D eigenvalue weighted by Crippen LogP contribution is -2.33. The molecule has 3 aromatic rings. The second-order valence-corrected chi connectivity index (χ2v) is 8.65. The first kappa shape index (κ1) is 21.2. The molecule has 2 heterocycles. The largest absolute Gasteiger partial charge is 0.355 e. The fourth-order valence-electron chi connectivity index (χ4n) is 4.46. The van der Waals surface area contributed by atoms with E-state index in [0.717, 1.165) is 54.6 Å². The van der Waals surface area contributed by atoms with E-state index in [1.54, 1.807) is 6.33 Å². The Morgan fingerprint density at radius 2 is 1.74 bits per heavy atom. The topological polar surface area (TPSA) is 67.8 Å². The second-order valence-electron chi connectivity index (χ2n) is 8.65. The SMILES string of the molecule is Cc1ccc(C(C)C(=O)NCC2CCC(c3ncncc3-c3ccncc3)CC2)cc1. The van der Waals surface area contributed by atoms with Crippen molar-refractivity contribution in [3.63, 3.8) is 0 Å². The molecule has 0 bridgehead atoms. The molecule has 31 heavy (non-hydrogen) atoms. The first-order chi connectivity index (χ1) is 15.1. The van der Waals surface area contributed by atoms with Crippen LogP contribution in [0.15, 0.2) is 61.3 Å². The molecular formula is C26H30N4O. The smallest absolute Gasteiger partial charge is 0.227 e. The minimum absolute atomic E-state index is 0.113. The molecule has 1 aliphatic carbocycles. The van der Waals surface area contributed by atoms with Crippen molar-refractivity contribution in [1.29, 1.82) is 0 Å². The maximum absolute atomic E-state index is 12.6. The van der Waals surface area contributed by atoms with Crippen LogP contribution in [0.4, 0.5) is 0 Å². The number of benzene rings is 1. The zero-order valence-electron chi connectivity index (χ0n) is 18.3. The maximum atomic E-state index is 12.6. The van der Waals surface area contributed by atoms with E-state index >= 15 is 0 Å². The number of rotatable bonds is 6. The summed E-state index contributed by atoms with van der Waals surface area (Å²) in [7, 11) is 0. The molecule has 0 spiro atoms. The van der Waals surface area contributed by atoms with E-state index in [-0.39, 0.29) is 11.8 Å². The van der Waals surface area contributed by atoms with Crippen LogP contribution in [0, 0.1) is 12.8 Å². The van der Waals surface area contributed by atoms with Gasteiger partial charge in [-0.3, -0.25) is 9.78 Å². The van der Waals surface area contributed by atoms with E-state index in [0.29, 0.717) is 11.8 Å². The van der Waals surface area contributed by atoms with Crippen molar-refractivity contribution in [2.75, 3.05) is 6.54 Å². The number of hydrogen-bond donors (Lipinski definition) is 1. The van der Waals surface area contributed by atoms with Crippen LogP contribution in [-0.2, 0) is 4.79 Å². The number of nitrogens with one attached hydrogen (secondary N) is 1. The highest BCUT2D eigenvalue weighted by Crippen LogP contribution is 2.38. The predicted molar refractivity (Wildman–Crippen MR) is 123 cm³/mol. The van der Waals surface area contributed by atoms with Gasteiger partial charge in [0.2, 0.25) is 5.91 Å². The van der Waals surface area contributed by atoms with Crippen LogP contribution in [0.25, 0.3) is 11.1 Å². The summed E-state index contributed by atoms with van der Waals surface area (Å²) in [5.74, 6) is 0.948. The molecule has 1 saturated carbocycles. The molecule has 1 aromatic carbocycles. The standard InChI is InChI=1S/C26H30N4O/c1-18-3-7-21(8-4-18)19(2)26(31)29-15-20-5-9-23(10-6-20)25-24(16-28-17-30-25)22-11-13-27-14-12-22/h3-4,7-8,11-14,16-17,19-20,23H,5-6,9-10,15H2,1-2H3,(H,29,31). The molecule has 5 nitrogen and oxygen atoms in total. The third-order valence-corrected chi connectivity index (χ3v) is 6.50. The number of carbonyl (C=O) groups is 1. The lowest BCUT2D eigenvalue weighted by Gasteiger charge is -2.29. The summed E-state index contributed by atoms with van der Waals surface area (Å²) in [6.45, 7) is 4.79. The van der Waals surface area contributed by atoms with E-state index < -0.39 is 0 Å². The van der Waals surface area contributed by atoms with Gasteiger partial charge in [-0.1, -0.05) is 29.8 Å². The van der Waals surface area contributed by atoms with Crippen molar-refractivity contribution < 1.29 is 4.79 Å². The Kier molecular flexibility index (Phi) is 6.70. The summed E-state index contributed by atoms with van der Waals surface area (Å²) in [4.78, 5) is 25.6. The van der Waals surface area contributed by atoms with Gasteiger partial charge < -0.3 is 5.32 Å². The Morgan fingerprint density at radius 3 is 2.45 bits per heavy atom. The van der Waals surface area contributed by atoms with Crippen molar-refractivity contribution in [3.05, 3.63) is 78.1 Å². The quantitative estimate of drug-likeness (QED) is 0.613. The lowest BCUT2D eigenvalue weighted by molar-refractivity contribution is -0.122. The van der Waals surface area contributed by atoms with Gasteiger partial charge in [-0.05, 0) is 68.7 Å². The van der Waals surface area contributed by atoms with E-state index in [4.69, 9.17) is 0 Å². The lowest BCUT2D eigenvalue weighted by atomic mass is 9.79. The fraction of sp³-hybridized carbons (Fsp3) is 0.385. The highest BCUT2D eigenvalue weighted by molar-refractivity contribution is 5.83. The first-order valence-electron chi connectivity index (χ1n) is 11.2. The molecule has 0 aliphatic heterocycles. The Hall–Kier alpha value is -3.08. The van der Waals surface area contributed by atoms with Crippen LogP contribution in [-0.4, -0.2) is 27.4 Å². The van der Waals surface area contributed by atoms with E-state index in [9.17, 15) is 4.79 Å². The monoisotopic (exact) mass is 414 g/mol. The molecule has 5 heteroatoms. The van der Waals surface area contributed by atoms with Gasteiger partial charge >= 0.3 is 0 Å². The van der Waals surface area contributed by atoms with Crippen LogP contribution in [0.1, 0.15) is 61.3 Å². The minimum Gasteiger partial charge on any atom is -0.355 e. The summed E-state index contributed by atoms with van der Waals surface area (Å²) in [5, 5.41) is 3.19. The molecule has 1 fully saturated rings. The van der Waals surface area contributed by atoms with Gasteiger partial charge in [0, 0.05) is 36.6 Å². The van der Waals surface area contributed by atoms with Crippen molar-refractivity contribution in [1.82, 2.24) is 20.3 Å². The number of carbonyl (C=O) groups excluding carboxylic acids is 1. The number of nitrogens with zero attached hydrogens (tertiary/aromatic N) is 3. The van der Waals surface area contributed by atoms with Crippen molar-refractivity contribution in [2.45, 2.75) is 51.4 Å². The van der Waals surface area contributed by atoms with E-state index in [1.807, 2.05) is 49.8 Å². The summed E-state index contributed by atoms with van der Waals surface area (Å²) in [6, 6.07) is 12.2. The molecule has 2 aromatic heterocycles. The van der Waals surface area contributed by atoms with Gasteiger partial charge in [0.05, 0.1) is 11.6 Å². The third kappa shape index (κ3) is 5.16. The van der Waals surface area contributed by atoms with E-state index in [2.05, 4.69) is 39.3 Å². The van der Waals surface area contributed by atoms with Crippen molar-refractivity contribution in [3.8, 4) is 11.1 Å². The van der Waals surface area contributed by atoms with Crippen molar-refractivity contribution >= 4 is 5.91 Å². The van der Waals surface area contributed by atoms with Crippen LogP contribution in [0.5, 0.6) is 0 Å². The zero-order chi connectivity index (χ0) is 21.6. The molecule has 0 radical (unpaired) electrons. The molecule has 1 atom stereocenters. The van der Waals surface area contributed by atoms with Gasteiger partial charge in [0.25, 0.3) is 0 Å². The van der Waals surface area contributed by atoms with Crippen LogP contribution in [0.3, 0.4) is 0 Å². The Balaban J connectivity index is 1.32. The van der Waals surface area contributed by atoms with Crippen molar-refractivity contribution in [2.24, 2.45) is 5.92 Å².